The molecule has 5 nitrogen and oxygen atoms in total. The lowest BCUT2D eigenvalue weighted by Gasteiger charge is -2.05. The minimum atomic E-state index is -0.711. The molecule has 0 aliphatic carbocycles. The molecule has 3 aromatic rings. The molecule has 0 unspecified atom stereocenters. The van der Waals surface area contributed by atoms with E-state index in [-0.39, 0.29) is 17.0 Å². The maximum absolute atomic E-state index is 12.6. The molecule has 0 saturated carbocycles. The minimum absolute atomic E-state index is 0.124. The normalized spacial score (nSPS) is 11.8. The lowest BCUT2D eigenvalue weighted by atomic mass is 10.1. The Hall–Kier alpha value is -2.89. The fourth-order valence-electron chi connectivity index (χ4n) is 2.48. The Balaban J connectivity index is 1.82. The Morgan fingerprint density at radius 1 is 1.11 bits per heavy atom. The van der Waals surface area contributed by atoms with E-state index < -0.39 is 5.97 Å². The van der Waals surface area contributed by atoms with Crippen molar-refractivity contribution in [3.05, 3.63) is 81.5 Å². The van der Waals surface area contributed by atoms with E-state index in [2.05, 4.69) is 10.3 Å². The van der Waals surface area contributed by atoms with Crippen molar-refractivity contribution in [1.82, 2.24) is 5.16 Å². The van der Waals surface area contributed by atoms with E-state index in [1.54, 1.807) is 38.1 Å². The number of aryl methyl sites for hydroxylation is 1. The van der Waals surface area contributed by atoms with Gasteiger partial charge in [0.15, 0.2) is 0 Å². The van der Waals surface area contributed by atoms with Crippen LogP contribution in [0.5, 0.6) is 0 Å². The number of hydrogen-bond donors (Lipinski definition) is 0. The molecule has 0 amide bonds. The number of allylic oxidation sites excluding steroid dienone is 1. The molecule has 28 heavy (non-hydrogen) atoms. The van der Waals surface area contributed by atoms with Crippen LogP contribution in [0.15, 0.2) is 64.3 Å². The zero-order valence-electron chi connectivity index (χ0n) is 15.1. The highest BCUT2D eigenvalue weighted by Gasteiger charge is 2.26. The van der Waals surface area contributed by atoms with Gasteiger partial charge >= 0.3 is 5.97 Å². The average Bonchev–Trinajstić information content (AvgIpc) is 3.06. The summed E-state index contributed by atoms with van der Waals surface area (Å²) in [6, 6.07) is 14.7. The zero-order chi connectivity index (χ0) is 20.1. The highest BCUT2D eigenvalue weighted by atomic mass is 35.5. The Morgan fingerprint density at radius 2 is 1.79 bits per heavy atom. The number of nitrogens with zero attached hydrogens (tertiary/aromatic N) is 2. The summed E-state index contributed by atoms with van der Waals surface area (Å²) in [7, 11) is 0. The van der Waals surface area contributed by atoms with Crippen molar-refractivity contribution in [2.24, 2.45) is 5.16 Å². The summed E-state index contributed by atoms with van der Waals surface area (Å²) in [6.07, 6.45) is 3.61. The second-order valence-corrected chi connectivity index (χ2v) is 6.73. The molecule has 1 aromatic heterocycles. The molecule has 0 aliphatic rings. The van der Waals surface area contributed by atoms with E-state index in [1.165, 1.54) is 0 Å². The lowest BCUT2D eigenvalue weighted by molar-refractivity contribution is 0.0515. The summed E-state index contributed by atoms with van der Waals surface area (Å²) in [6.45, 7) is 3.32. The number of carbonyl (C=O) groups is 1. The van der Waals surface area contributed by atoms with Crippen LogP contribution in [-0.4, -0.2) is 16.8 Å². The first-order valence-corrected chi connectivity index (χ1v) is 9.12. The van der Waals surface area contributed by atoms with Gasteiger partial charge in [-0.2, -0.15) is 0 Å². The third-order valence-corrected chi connectivity index (χ3v) is 4.49. The maximum atomic E-state index is 12.6. The molecule has 0 atom stereocenters. The van der Waals surface area contributed by atoms with Crippen molar-refractivity contribution in [3.8, 4) is 11.3 Å². The molecule has 0 radical (unpaired) electrons. The highest BCUT2D eigenvalue weighted by molar-refractivity contribution is 6.39. The van der Waals surface area contributed by atoms with Gasteiger partial charge in [-0.15, -0.1) is 0 Å². The molecule has 7 heteroatoms. The van der Waals surface area contributed by atoms with Crippen molar-refractivity contribution in [2.75, 3.05) is 0 Å². The molecule has 0 bridgehead atoms. The maximum Gasteiger partial charge on any atom is 0.371 e. The fourth-order valence-corrected chi connectivity index (χ4v) is 3.05. The Morgan fingerprint density at radius 3 is 2.46 bits per heavy atom. The number of aromatic nitrogens is 1. The van der Waals surface area contributed by atoms with Gasteiger partial charge in [-0.25, -0.2) is 4.79 Å². The largest absolute Gasteiger partial charge is 0.371 e. The number of carbonyl (C=O) groups excluding carboxylic acids is 1. The topological polar surface area (TPSA) is 64.7 Å². The summed E-state index contributed by atoms with van der Waals surface area (Å²) in [5.41, 5.74) is 2.27. The van der Waals surface area contributed by atoms with Crippen molar-refractivity contribution in [2.45, 2.75) is 13.8 Å². The van der Waals surface area contributed by atoms with Crippen LogP contribution in [0, 0.1) is 6.92 Å². The quantitative estimate of drug-likeness (QED) is 0.283. The van der Waals surface area contributed by atoms with Crippen LogP contribution in [0.3, 0.4) is 0 Å². The summed E-state index contributed by atoms with van der Waals surface area (Å²) in [5, 5.41) is 8.48. The molecule has 142 valence electrons. The molecular formula is C21H16Cl2N2O3. The van der Waals surface area contributed by atoms with E-state index in [1.807, 2.05) is 36.4 Å². The van der Waals surface area contributed by atoms with Crippen molar-refractivity contribution in [1.29, 1.82) is 0 Å². The first-order chi connectivity index (χ1) is 13.5. The molecule has 0 saturated heterocycles. The second kappa shape index (κ2) is 8.87. The molecule has 0 aliphatic heterocycles. The molecule has 0 N–H and O–H groups in total. The monoisotopic (exact) mass is 414 g/mol. The summed E-state index contributed by atoms with van der Waals surface area (Å²) < 4.78 is 5.16. The van der Waals surface area contributed by atoms with Gasteiger partial charge in [-0.3, -0.25) is 0 Å². The van der Waals surface area contributed by atoms with Gasteiger partial charge in [0, 0.05) is 5.56 Å². The van der Waals surface area contributed by atoms with E-state index in [4.69, 9.17) is 32.6 Å². The van der Waals surface area contributed by atoms with E-state index in [9.17, 15) is 4.79 Å². The number of benzene rings is 2. The van der Waals surface area contributed by atoms with Gasteiger partial charge in [0.25, 0.3) is 0 Å². The number of halogens is 2. The van der Waals surface area contributed by atoms with Crippen LogP contribution in [0.2, 0.25) is 10.0 Å². The van der Waals surface area contributed by atoms with Gasteiger partial charge in [0.2, 0.25) is 0 Å². The lowest BCUT2D eigenvalue weighted by Crippen LogP contribution is -2.05. The standard InChI is InChI=1S/C21H16Cl2N2O3/c1-13(11-12-15-7-4-3-5-8-15)24-28-21(26)18-14(2)27-25-20(18)19-16(22)9-6-10-17(19)23/h3-12H,1-2H3/b12-11+,24-13+. The van der Waals surface area contributed by atoms with Gasteiger partial charge in [-0.1, -0.05) is 76.0 Å². The highest BCUT2D eigenvalue weighted by Crippen LogP contribution is 2.36. The van der Waals surface area contributed by atoms with Crippen molar-refractivity contribution in [3.63, 3.8) is 0 Å². The predicted molar refractivity (Wildman–Crippen MR) is 111 cm³/mol. The van der Waals surface area contributed by atoms with Crippen LogP contribution < -0.4 is 0 Å². The first kappa shape index (κ1) is 19.9. The van der Waals surface area contributed by atoms with Crippen LogP contribution >= 0.6 is 23.2 Å². The molecule has 3 rings (SSSR count). The van der Waals surface area contributed by atoms with E-state index in [0.717, 1.165) is 5.56 Å². The number of hydrogen-bond acceptors (Lipinski definition) is 5. The summed E-state index contributed by atoms with van der Waals surface area (Å²) in [4.78, 5) is 17.7. The smallest absolute Gasteiger partial charge is 0.360 e. The second-order valence-electron chi connectivity index (χ2n) is 5.91. The fraction of sp³-hybridized carbons (Fsp3) is 0.0952. The molecular weight excluding hydrogens is 399 g/mol. The van der Waals surface area contributed by atoms with Gasteiger partial charge in [0.05, 0.1) is 15.8 Å². The average molecular weight is 415 g/mol. The summed E-state index contributed by atoms with van der Waals surface area (Å²) in [5.74, 6) is -0.430. The van der Waals surface area contributed by atoms with Gasteiger partial charge in [0.1, 0.15) is 17.0 Å². The predicted octanol–water partition coefficient (Wildman–Crippen LogP) is 6.20. The Bertz CT molecular complexity index is 1040. The first-order valence-electron chi connectivity index (χ1n) is 8.37. The summed E-state index contributed by atoms with van der Waals surface area (Å²) >= 11 is 12.4. The molecule has 0 spiro atoms. The SMILES string of the molecule is CC(/C=C/c1ccccc1)=N\OC(=O)c1c(-c2c(Cl)cccc2Cl)noc1C. The number of oxime groups is 1. The van der Waals surface area contributed by atoms with Crippen LogP contribution in [0.1, 0.15) is 28.6 Å². The van der Waals surface area contributed by atoms with E-state index >= 15 is 0 Å². The van der Waals surface area contributed by atoms with Crippen molar-refractivity contribution < 1.29 is 14.2 Å². The molecule has 0 fully saturated rings. The van der Waals surface area contributed by atoms with Crippen LogP contribution in [0.25, 0.3) is 17.3 Å². The van der Waals surface area contributed by atoms with Crippen LogP contribution in [-0.2, 0) is 4.84 Å². The van der Waals surface area contributed by atoms with Gasteiger partial charge < -0.3 is 9.36 Å². The van der Waals surface area contributed by atoms with E-state index in [0.29, 0.717) is 21.3 Å². The number of rotatable bonds is 5. The minimum Gasteiger partial charge on any atom is -0.360 e. The van der Waals surface area contributed by atoms with Crippen LogP contribution in [0.4, 0.5) is 0 Å². The zero-order valence-corrected chi connectivity index (χ0v) is 16.7. The van der Waals surface area contributed by atoms with Crippen molar-refractivity contribution >= 4 is 41.0 Å². The Labute approximate surface area is 172 Å². The third-order valence-electron chi connectivity index (χ3n) is 3.86. The molecule has 1 heterocycles. The molecule has 2 aromatic carbocycles. The third kappa shape index (κ3) is 4.50. The van der Waals surface area contributed by atoms with Gasteiger partial charge in [-0.05, 0) is 37.6 Å². The Kier molecular flexibility index (Phi) is 6.29.